The van der Waals surface area contributed by atoms with E-state index in [-0.39, 0.29) is 23.7 Å². The quantitative estimate of drug-likeness (QED) is 0.741. The normalized spacial score (nSPS) is 20.8. The number of rotatable bonds is 7. The van der Waals surface area contributed by atoms with Gasteiger partial charge >= 0.3 is 0 Å². The van der Waals surface area contributed by atoms with Gasteiger partial charge in [-0.1, -0.05) is 5.16 Å². The second-order valence-electron chi connectivity index (χ2n) is 6.81. The smallest absolute Gasteiger partial charge is 0.228 e. The number of nitrogens with zero attached hydrogens (tertiary/aromatic N) is 2. The van der Waals surface area contributed by atoms with E-state index in [0.29, 0.717) is 18.1 Å². The summed E-state index contributed by atoms with van der Waals surface area (Å²) in [4.78, 5) is 26.5. The van der Waals surface area contributed by atoms with Crippen molar-refractivity contribution in [2.45, 2.75) is 39.0 Å². The third-order valence-corrected chi connectivity index (χ3v) is 4.43. The number of carbonyl (C=O) groups excluding carboxylic acids is 2. The van der Waals surface area contributed by atoms with Gasteiger partial charge in [0.2, 0.25) is 11.8 Å². The molecule has 1 aromatic heterocycles. The maximum Gasteiger partial charge on any atom is 0.228 e. The highest BCUT2D eigenvalue weighted by Crippen LogP contribution is 2.29. The van der Waals surface area contributed by atoms with E-state index in [1.165, 1.54) is 0 Å². The van der Waals surface area contributed by atoms with Gasteiger partial charge in [0.1, 0.15) is 5.76 Å². The second-order valence-corrected chi connectivity index (χ2v) is 6.81. The van der Waals surface area contributed by atoms with Crippen LogP contribution in [0.3, 0.4) is 0 Å². The Morgan fingerprint density at radius 1 is 1.21 bits per heavy atom. The van der Waals surface area contributed by atoms with Crippen molar-refractivity contribution in [3.8, 4) is 0 Å². The predicted molar refractivity (Wildman–Crippen MR) is 91.5 cm³/mol. The highest BCUT2D eigenvalue weighted by atomic mass is 16.5. The Balaban J connectivity index is 1.68. The maximum absolute atomic E-state index is 12.2. The van der Waals surface area contributed by atoms with Gasteiger partial charge in [0, 0.05) is 24.4 Å². The van der Waals surface area contributed by atoms with E-state index in [4.69, 9.17) is 4.52 Å². The Hall–Kier alpha value is -1.89. The van der Waals surface area contributed by atoms with E-state index in [1.807, 2.05) is 14.1 Å². The second kappa shape index (κ2) is 8.82. The fourth-order valence-corrected chi connectivity index (χ4v) is 3.02. The molecule has 0 radical (unpaired) electrons. The van der Waals surface area contributed by atoms with Crippen LogP contribution in [-0.2, 0) is 9.59 Å². The first-order valence-corrected chi connectivity index (χ1v) is 8.62. The molecule has 2 N–H and O–H groups in total. The van der Waals surface area contributed by atoms with E-state index in [0.717, 1.165) is 38.6 Å². The number of carbonyl (C=O) groups is 2. The molecule has 1 fully saturated rings. The van der Waals surface area contributed by atoms with Crippen molar-refractivity contribution in [2.24, 2.45) is 11.8 Å². The molecule has 7 nitrogen and oxygen atoms in total. The summed E-state index contributed by atoms with van der Waals surface area (Å²) >= 11 is 0. The molecule has 0 aliphatic heterocycles. The van der Waals surface area contributed by atoms with Crippen molar-refractivity contribution >= 4 is 17.6 Å². The molecule has 0 saturated heterocycles. The number of hydrogen-bond acceptors (Lipinski definition) is 5. The summed E-state index contributed by atoms with van der Waals surface area (Å²) < 4.78 is 4.94. The highest BCUT2D eigenvalue weighted by Gasteiger charge is 2.30. The third-order valence-electron chi connectivity index (χ3n) is 4.43. The zero-order valence-corrected chi connectivity index (χ0v) is 14.8. The fourth-order valence-electron chi connectivity index (χ4n) is 3.02. The Bertz CT molecular complexity index is 548. The summed E-state index contributed by atoms with van der Waals surface area (Å²) in [6.07, 6.45) is 3.94. The minimum absolute atomic E-state index is 0.0303. The molecule has 2 rings (SSSR count). The third kappa shape index (κ3) is 5.63. The van der Waals surface area contributed by atoms with Crippen LogP contribution in [0.1, 0.15) is 37.9 Å². The molecule has 7 heteroatoms. The highest BCUT2D eigenvalue weighted by molar-refractivity contribution is 5.91. The minimum atomic E-state index is -0.0557. The first-order valence-electron chi connectivity index (χ1n) is 8.62. The van der Waals surface area contributed by atoms with Crippen molar-refractivity contribution < 1.29 is 14.1 Å². The Morgan fingerprint density at radius 2 is 1.83 bits per heavy atom. The van der Waals surface area contributed by atoms with Crippen LogP contribution in [0.15, 0.2) is 10.6 Å². The van der Waals surface area contributed by atoms with Gasteiger partial charge in [-0.2, -0.15) is 0 Å². The zero-order chi connectivity index (χ0) is 17.5. The van der Waals surface area contributed by atoms with Gasteiger partial charge < -0.3 is 20.1 Å². The molecule has 0 aromatic carbocycles. The molecule has 1 aliphatic rings. The number of nitrogens with one attached hydrogen (secondary N) is 2. The van der Waals surface area contributed by atoms with E-state index in [9.17, 15) is 9.59 Å². The number of aromatic nitrogens is 1. The summed E-state index contributed by atoms with van der Waals surface area (Å²) in [5.74, 6) is 1.19. The molecular weight excluding hydrogens is 308 g/mol. The monoisotopic (exact) mass is 336 g/mol. The first-order chi connectivity index (χ1) is 11.5. The summed E-state index contributed by atoms with van der Waals surface area (Å²) in [7, 11) is 4.04. The topological polar surface area (TPSA) is 87.5 Å². The van der Waals surface area contributed by atoms with Crippen molar-refractivity contribution in [2.75, 3.05) is 32.5 Å². The van der Waals surface area contributed by atoms with Gasteiger partial charge in [-0.05, 0) is 59.7 Å². The molecule has 1 heterocycles. The largest absolute Gasteiger partial charge is 0.360 e. The van der Waals surface area contributed by atoms with E-state index in [2.05, 4.69) is 20.7 Å². The fraction of sp³-hybridized carbons (Fsp3) is 0.706. The number of amides is 2. The Kier molecular flexibility index (Phi) is 6.78. The van der Waals surface area contributed by atoms with Gasteiger partial charge in [-0.15, -0.1) is 0 Å². The summed E-state index contributed by atoms with van der Waals surface area (Å²) in [6.45, 7) is 3.46. The van der Waals surface area contributed by atoms with Crippen LogP contribution in [0.4, 0.5) is 5.82 Å². The van der Waals surface area contributed by atoms with Gasteiger partial charge in [0.05, 0.1) is 0 Å². The Labute approximate surface area is 143 Å². The molecule has 2 amide bonds. The van der Waals surface area contributed by atoms with Crippen LogP contribution in [0, 0.1) is 18.8 Å². The SMILES string of the molecule is Cc1cc(NC(=O)C2CCC(C(=O)NCCCN(C)C)CC2)no1. The predicted octanol–water partition coefficient (Wildman–Crippen LogP) is 1.80. The van der Waals surface area contributed by atoms with Crippen LogP contribution in [0.5, 0.6) is 0 Å². The summed E-state index contributed by atoms with van der Waals surface area (Å²) in [6, 6.07) is 1.70. The Morgan fingerprint density at radius 3 is 2.38 bits per heavy atom. The molecule has 24 heavy (non-hydrogen) atoms. The lowest BCUT2D eigenvalue weighted by molar-refractivity contribution is -0.128. The maximum atomic E-state index is 12.2. The summed E-state index contributed by atoms with van der Waals surface area (Å²) in [5.41, 5.74) is 0. The van der Waals surface area contributed by atoms with Gasteiger partial charge in [0.15, 0.2) is 5.82 Å². The minimum Gasteiger partial charge on any atom is -0.360 e. The molecule has 0 unspecified atom stereocenters. The van der Waals surface area contributed by atoms with Gasteiger partial charge in [-0.3, -0.25) is 9.59 Å². The van der Waals surface area contributed by atoms with Crippen LogP contribution in [-0.4, -0.2) is 49.1 Å². The van der Waals surface area contributed by atoms with Crippen molar-refractivity contribution in [1.82, 2.24) is 15.4 Å². The average Bonchev–Trinajstić information content (AvgIpc) is 2.96. The van der Waals surface area contributed by atoms with Gasteiger partial charge in [-0.25, -0.2) is 0 Å². The standard InChI is InChI=1S/C17H28N4O3/c1-12-11-15(20-24-12)19-17(23)14-7-5-13(6-8-14)16(22)18-9-4-10-21(2)3/h11,13-14H,4-10H2,1-3H3,(H,18,22)(H,19,20,23). The molecule has 134 valence electrons. The first kappa shape index (κ1) is 18.4. The van der Waals surface area contributed by atoms with E-state index >= 15 is 0 Å². The summed E-state index contributed by atoms with van der Waals surface area (Å²) in [5, 5.41) is 9.56. The lowest BCUT2D eigenvalue weighted by Gasteiger charge is -2.26. The molecule has 0 bridgehead atoms. The lowest BCUT2D eigenvalue weighted by atomic mass is 9.81. The van der Waals surface area contributed by atoms with Crippen molar-refractivity contribution in [1.29, 1.82) is 0 Å². The number of aryl methyl sites for hydroxylation is 1. The van der Waals surface area contributed by atoms with Crippen LogP contribution in [0.2, 0.25) is 0 Å². The van der Waals surface area contributed by atoms with Gasteiger partial charge in [0.25, 0.3) is 0 Å². The van der Waals surface area contributed by atoms with E-state index < -0.39 is 0 Å². The average molecular weight is 336 g/mol. The van der Waals surface area contributed by atoms with Crippen LogP contribution < -0.4 is 10.6 Å². The molecule has 0 atom stereocenters. The molecule has 0 spiro atoms. The molecule has 1 saturated carbocycles. The molecule has 1 aliphatic carbocycles. The van der Waals surface area contributed by atoms with Crippen LogP contribution >= 0.6 is 0 Å². The number of hydrogen-bond donors (Lipinski definition) is 2. The lowest BCUT2D eigenvalue weighted by Crippen LogP contribution is -2.36. The van der Waals surface area contributed by atoms with Crippen LogP contribution in [0.25, 0.3) is 0 Å². The van der Waals surface area contributed by atoms with Crippen molar-refractivity contribution in [3.05, 3.63) is 11.8 Å². The van der Waals surface area contributed by atoms with Crippen molar-refractivity contribution in [3.63, 3.8) is 0 Å². The van der Waals surface area contributed by atoms with E-state index in [1.54, 1.807) is 13.0 Å². The molecule has 1 aromatic rings. The number of anilines is 1. The molecular formula is C17H28N4O3. The zero-order valence-electron chi connectivity index (χ0n) is 14.8.